The molecule has 30 heavy (non-hydrogen) atoms. The van der Waals surface area contributed by atoms with Gasteiger partial charge in [-0.2, -0.15) is 0 Å². The molecule has 0 aliphatic carbocycles. The van der Waals surface area contributed by atoms with E-state index in [0.717, 1.165) is 22.3 Å². The van der Waals surface area contributed by atoms with Crippen molar-refractivity contribution in [2.45, 2.75) is 12.8 Å². The molecule has 0 heterocycles. The number of carbonyl (C=O) groups is 2. The summed E-state index contributed by atoms with van der Waals surface area (Å²) in [6.07, 6.45) is 0.954. The van der Waals surface area contributed by atoms with Crippen molar-refractivity contribution in [1.82, 2.24) is 0 Å². The van der Waals surface area contributed by atoms with Crippen molar-refractivity contribution in [2.75, 3.05) is 0 Å². The van der Waals surface area contributed by atoms with Crippen LogP contribution in [0.25, 0.3) is 0 Å². The fourth-order valence-corrected chi connectivity index (χ4v) is 3.01. The summed E-state index contributed by atoms with van der Waals surface area (Å²) in [5, 5.41) is 0. The summed E-state index contributed by atoms with van der Waals surface area (Å²) in [7, 11) is 0. The van der Waals surface area contributed by atoms with Gasteiger partial charge in [-0.1, -0.05) is 121 Å². The normalized spacial score (nSPS) is 9.87. The van der Waals surface area contributed by atoms with Crippen LogP contribution in [0, 0.1) is 0 Å². The van der Waals surface area contributed by atoms with E-state index >= 15 is 0 Å². The molecule has 0 aromatic heterocycles. The van der Waals surface area contributed by atoms with Crippen LogP contribution in [0.5, 0.6) is 0 Å². The highest BCUT2D eigenvalue weighted by atomic mass is 16.1. The van der Waals surface area contributed by atoms with Gasteiger partial charge in [0.05, 0.1) is 0 Å². The van der Waals surface area contributed by atoms with E-state index in [9.17, 15) is 9.59 Å². The molecule has 0 spiro atoms. The van der Waals surface area contributed by atoms with E-state index in [-0.39, 0.29) is 11.6 Å². The molecule has 4 aromatic carbocycles. The molecular weight excluding hydrogens is 368 g/mol. The largest absolute Gasteiger partial charge is 0.294 e. The average molecular weight is 392 g/mol. The third kappa shape index (κ3) is 6.68. The highest BCUT2D eigenvalue weighted by molar-refractivity contribution is 5.97. The van der Waals surface area contributed by atoms with Gasteiger partial charge in [0, 0.05) is 24.0 Å². The van der Waals surface area contributed by atoms with Gasteiger partial charge in [-0.05, 0) is 11.1 Å². The lowest BCUT2D eigenvalue weighted by molar-refractivity contribution is 0.0984. The number of benzene rings is 4. The first-order chi connectivity index (χ1) is 14.7. The number of carbonyl (C=O) groups excluding carboxylic acids is 2. The van der Waals surface area contributed by atoms with Gasteiger partial charge in [0.1, 0.15) is 0 Å². The molecule has 4 aromatic rings. The molecule has 0 N–H and O–H groups in total. The Morgan fingerprint density at radius 2 is 0.667 bits per heavy atom. The van der Waals surface area contributed by atoms with E-state index in [1.54, 1.807) is 0 Å². The molecule has 2 nitrogen and oxygen atoms in total. The van der Waals surface area contributed by atoms with Gasteiger partial charge in [-0.15, -0.1) is 0 Å². The Hall–Kier alpha value is -3.78. The second-order valence-corrected chi connectivity index (χ2v) is 6.90. The Balaban J connectivity index is 0.000000171. The topological polar surface area (TPSA) is 34.1 Å². The van der Waals surface area contributed by atoms with Gasteiger partial charge in [0.15, 0.2) is 11.6 Å². The lowest BCUT2D eigenvalue weighted by atomic mass is 10.0. The minimum Gasteiger partial charge on any atom is -0.294 e. The Morgan fingerprint density at radius 3 is 0.967 bits per heavy atom. The monoisotopic (exact) mass is 392 g/mol. The number of rotatable bonds is 6. The van der Waals surface area contributed by atoms with Crippen LogP contribution in [-0.4, -0.2) is 11.6 Å². The molecule has 0 saturated carbocycles. The van der Waals surface area contributed by atoms with Gasteiger partial charge < -0.3 is 0 Å². The summed E-state index contributed by atoms with van der Waals surface area (Å²) in [5.74, 6) is 0.337. The quantitative estimate of drug-likeness (QED) is 0.365. The number of Topliss-reactive ketones (excluding diaryl/α,β-unsaturated/α-hetero) is 2. The molecule has 148 valence electrons. The zero-order valence-corrected chi connectivity index (χ0v) is 16.8. The molecular formula is C28H24O2. The smallest absolute Gasteiger partial charge is 0.167 e. The Morgan fingerprint density at radius 1 is 0.400 bits per heavy atom. The number of hydrogen-bond donors (Lipinski definition) is 0. The zero-order chi connectivity index (χ0) is 21.0. The summed E-state index contributed by atoms with van der Waals surface area (Å²) in [6.45, 7) is 0. The van der Waals surface area contributed by atoms with Crippen molar-refractivity contribution in [3.05, 3.63) is 144 Å². The minimum absolute atomic E-state index is 0.168. The molecule has 0 unspecified atom stereocenters. The molecule has 4 rings (SSSR count). The van der Waals surface area contributed by atoms with Crippen LogP contribution in [0.15, 0.2) is 121 Å². The van der Waals surface area contributed by atoms with Crippen molar-refractivity contribution in [1.29, 1.82) is 0 Å². The summed E-state index contributed by atoms with van der Waals surface area (Å²) < 4.78 is 0. The van der Waals surface area contributed by atoms with Gasteiger partial charge in [0.25, 0.3) is 0 Å². The molecule has 0 radical (unpaired) electrons. The average Bonchev–Trinajstić information content (AvgIpc) is 2.82. The fraction of sp³-hybridized carbons (Fsp3) is 0.0714. The maximum absolute atomic E-state index is 11.8. The maximum atomic E-state index is 11.8. The summed E-state index contributed by atoms with van der Waals surface area (Å²) >= 11 is 0. The van der Waals surface area contributed by atoms with Crippen LogP contribution < -0.4 is 0 Å². The van der Waals surface area contributed by atoms with Crippen molar-refractivity contribution in [3.8, 4) is 0 Å². The standard InChI is InChI=1S/2C14H12O/c2*15-14(13-9-5-2-6-10-13)11-12-7-3-1-4-8-12/h2*1-10H,11H2. The van der Waals surface area contributed by atoms with E-state index in [1.165, 1.54) is 0 Å². The first kappa shape index (κ1) is 20.9. The lowest BCUT2D eigenvalue weighted by Gasteiger charge is -2.00. The van der Waals surface area contributed by atoms with E-state index in [0.29, 0.717) is 12.8 Å². The third-order valence-electron chi connectivity index (χ3n) is 4.61. The van der Waals surface area contributed by atoms with Crippen molar-refractivity contribution >= 4 is 11.6 Å². The Kier molecular flexibility index (Phi) is 7.87. The summed E-state index contributed by atoms with van der Waals surface area (Å²) in [6, 6.07) is 38.4. The molecule has 0 saturated heterocycles. The van der Waals surface area contributed by atoms with Crippen molar-refractivity contribution < 1.29 is 9.59 Å². The molecule has 0 amide bonds. The van der Waals surface area contributed by atoms with E-state index < -0.39 is 0 Å². The maximum Gasteiger partial charge on any atom is 0.167 e. The number of hydrogen-bond acceptors (Lipinski definition) is 2. The highest BCUT2D eigenvalue weighted by Gasteiger charge is 2.06. The van der Waals surface area contributed by atoms with Crippen LogP contribution in [0.4, 0.5) is 0 Å². The van der Waals surface area contributed by atoms with E-state index in [1.807, 2.05) is 121 Å². The zero-order valence-electron chi connectivity index (χ0n) is 16.8. The van der Waals surface area contributed by atoms with E-state index in [4.69, 9.17) is 0 Å². The number of ketones is 2. The van der Waals surface area contributed by atoms with E-state index in [2.05, 4.69) is 0 Å². The SMILES string of the molecule is O=C(Cc1ccccc1)c1ccccc1.O=C(Cc1ccccc1)c1ccccc1. The van der Waals surface area contributed by atoms with Crippen LogP contribution in [0.2, 0.25) is 0 Å². The third-order valence-corrected chi connectivity index (χ3v) is 4.61. The van der Waals surface area contributed by atoms with Crippen LogP contribution >= 0.6 is 0 Å². The van der Waals surface area contributed by atoms with Gasteiger partial charge in [0.2, 0.25) is 0 Å². The first-order valence-corrected chi connectivity index (χ1v) is 9.97. The van der Waals surface area contributed by atoms with Gasteiger partial charge >= 0.3 is 0 Å². The first-order valence-electron chi connectivity index (χ1n) is 9.97. The van der Waals surface area contributed by atoms with Crippen molar-refractivity contribution in [2.24, 2.45) is 0 Å². The summed E-state index contributed by atoms with van der Waals surface area (Å²) in [5.41, 5.74) is 3.68. The minimum atomic E-state index is 0.168. The Bertz CT molecular complexity index is 952. The lowest BCUT2D eigenvalue weighted by Crippen LogP contribution is -2.02. The Labute approximate surface area is 177 Å². The molecule has 0 bridgehead atoms. The molecule has 0 fully saturated rings. The molecule has 0 aliphatic rings. The van der Waals surface area contributed by atoms with Crippen LogP contribution in [0.3, 0.4) is 0 Å². The van der Waals surface area contributed by atoms with Gasteiger partial charge in [-0.3, -0.25) is 9.59 Å². The molecule has 0 aliphatic heterocycles. The summed E-state index contributed by atoms with van der Waals surface area (Å²) in [4.78, 5) is 23.6. The van der Waals surface area contributed by atoms with Crippen molar-refractivity contribution in [3.63, 3.8) is 0 Å². The highest BCUT2D eigenvalue weighted by Crippen LogP contribution is 2.08. The van der Waals surface area contributed by atoms with Crippen LogP contribution in [0.1, 0.15) is 31.8 Å². The second-order valence-electron chi connectivity index (χ2n) is 6.90. The predicted octanol–water partition coefficient (Wildman–Crippen LogP) is 6.22. The van der Waals surface area contributed by atoms with Gasteiger partial charge in [-0.25, -0.2) is 0 Å². The fourth-order valence-electron chi connectivity index (χ4n) is 3.01. The predicted molar refractivity (Wildman–Crippen MR) is 122 cm³/mol. The molecule has 2 heteroatoms. The van der Waals surface area contributed by atoms with Crippen LogP contribution in [-0.2, 0) is 12.8 Å². The molecule has 0 atom stereocenters. The second kappa shape index (κ2) is 11.3.